The first kappa shape index (κ1) is 8.74. The highest BCUT2D eigenvalue weighted by Gasteiger charge is 2.03. The van der Waals surface area contributed by atoms with Gasteiger partial charge in [0.25, 0.3) is 0 Å². The summed E-state index contributed by atoms with van der Waals surface area (Å²) in [5.41, 5.74) is 0.723. The number of ether oxygens (including phenoxy) is 1. The van der Waals surface area contributed by atoms with Crippen LogP contribution in [0.1, 0.15) is 0 Å². The van der Waals surface area contributed by atoms with Crippen molar-refractivity contribution in [2.75, 3.05) is 7.11 Å². The third-order valence-corrected chi connectivity index (χ3v) is 1.94. The molecule has 1 heterocycles. The molecule has 3 nitrogen and oxygen atoms in total. The molecule has 0 N–H and O–H groups in total. The Morgan fingerprint density at radius 3 is 2.86 bits per heavy atom. The highest BCUT2D eigenvalue weighted by molar-refractivity contribution is 5.38. The van der Waals surface area contributed by atoms with E-state index in [0.717, 1.165) is 5.69 Å². The third kappa shape index (κ3) is 1.46. The Hall–Kier alpha value is -1.84. The lowest BCUT2D eigenvalue weighted by molar-refractivity contribution is 0.386. The van der Waals surface area contributed by atoms with Gasteiger partial charge in [-0.05, 0) is 12.1 Å². The highest BCUT2D eigenvalue weighted by atomic mass is 19.1. The molecule has 0 fully saturated rings. The SMILES string of the molecule is COc1ccc(-n2ccnc2)cc1F. The molecule has 0 spiro atoms. The van der Waals surface area contributed by atoms with E-state index in [1.165, 1.54) is 13.2 Å². The molecule has 0 aliphatic carbocycles. The predicted molar refractivity (Wildman–Crippen MR) is 50.1 cm³/mol. The first-order chi connectivity index (χ1) is 6.81. The van der Waals surface area contributed by atoms with Crippen LogP contribution in [-0.4, -0.2) is 16.7 Å². The fraction of sp³-hybridized carbons (Fsp3) is 0.100. The summed E-state index contributed by atoms with van der Waals surface area (Å²) >= 11 is 0. The Labute approximate surface area is 80.8 Å². The average Bonchev–Trinajstić information content (AvgIpc) is 2.70. The van der Waals surface area contributed by atoms with Crippen LogP contribution in [0, 0.1) is 5.82 Å². The molecule has 0 bridgehead atoms. The van der Waals surface area contributed by atoms with Gasteiger partial charge in [0, 0.05) is 24.1 Å². The first-order valence-electron chi connectivity index (χ1n) is 4.13. The summed E-state index contributed by atoms with van der Waals surface area (Å²) < 4.78 is 19.8. The summed E-state index contributed by atoms with van der Waals surface area (Å²) in [7, 11) is 1.44. The summed E-state index contributed by atoms with van der Waals surface area (Å²) in [6.45, 7) is 0. The second-order valence-electron chi connectivity index (χ2n) is 2.79. The number of hydrogen-bond donors (Lipinski definition) is 0. The van der Waals surface area contributed by atoms with Crippen molar-refractivity contribution in [1.29, 1.82) is 0 Å². The molecule has 0 unspecified atom stereocenters. The molecule has 1 aromatic carbocycles. The molecule has 14 heavy (non-hydrogen) atoms. The van der Waals surface area contributed by atoms with Crippen molar-refractivity contribution >= 4 is 0 Å². The highest BCUT2D eigenvalue weighted by Crippen LogP contribution is 2.19. The van der Waals surface area contributed by atoms with Gasteiger partial charge in [0.15, 0.2) is 11.6 Å². The van der Waals surface area contributed by atoms with Crippen molar-refractivity contribution in [3.05, 3.63) is 42.7 Å². The van der Waals surface area contributed by atoms with E-state index in [-0.39, 0.29) is 11.6 Å². The maximum Gasteiger partial charge on any atom is 0.167 e. The third-order valence-electron chi connectivity index (χ3n) is 1.94. The van der Waals surface area contributed by atoms with Gasteiger partial charge in [0.1, 0.15) is 0 Å². The van der Waals surface area contributed by atoms with E-state index >= 15 is 0 Å². The zero-order valence-corrected chi connectivity index (χ0v) is 7.64. The van der Waals surface area contributed by atoms with Gasteiger partial charge in [0.2, 0.25) is 0 Å². The fourth-order valence-corrected chi connectivity index (χ4v) is 1.23. The normalized spacial score (nSPS) is 10.1. The summed E-state index contributed by atoms with van der Waals surface area (Å²) in [6.07, 6.45) is 5.00. The zero-order chi connectivity index (χ0) is 9.97. The van der Waals surface area contributed by atoms with Crippen LogP contribution in [-0.2, 0) is 0 Å². The quantitative estimate of drug-likeness (QED) is 0.727. The molecule has 1 aromatic heterocycles. The number of imidazole rings is 1. The van der Waals surface area contributed by atoms with Crippen molar-refractivity contribution in [2.24, 2.45) is 0 Å². The van der Waals surface area contributed by atoms with E-state index in [4.69, 9.17) is 4.74 Å². The summed E-state index contributed by atoms with van der Waals surface area (Å²) in [6, 6.07) is 4.76. The first-order valence-corrected chi connectivity index (χ1v) is 4.13. The van der Waals surface area contributed by atoms with Crippen LogP contribution < -0.4 is 4.74 Å². The molecular weight excluding hydrogens is 183 g/mol. The van der Waals surface area contributed by atoms with Crippen molar-refractivity contribution in [3.8, 4) is 11.4 Å². The van der Waals surface area contributed by atoms with Crippen molar-refractivity contribution < 1.29 is 9.13 Å². The van der Waals surface area contributed by atoms with Crippen LogP contribution in [0.3, 0.4) is 0 Å². The zero-order valence-electron chi connectivity index (χ0n) is 7.64. The van der Waals surface area contributed by atoms with Gasteiger partial charge >= 0.3 is 0 Å². The number of aromatic nitrogens is 2. The van der Waals surface area contributed by atoms with Crippen molar-refractivity contribution in [3.63, 3.8) is 0 Å². The standard InChI is InChI=1S/C10H9FN2O/c1-14-10-3-2-8(6-9(10)11)13-5-4-12-7-13/h2-7H,1H3. The van der Waals surface area contributed by atoms with Crippen molar-refractivity contribution in [2.45, 2.75) is 0 Å². The Kier molecular flexibility index (Phi) is 2.18. The molecule has 0 saturated heterocycles. The number of hydrogen-bond acceptors (Lipinski definition) is 2. The van der Waals surface area contributed by atoms with Gasteiger partial charge in [-0.15, -0.1) is 0 Å². The Morgan fingerprint density at radius 1 is 1.43 bits per heavy atom. The molecule has 0 amide bonds. The maximum absolute atomic E-state index is 13.3. The van der Waals surface area contributed by atoms with Crippen LogP contribution in [0.15, 0.2) is 36.9 Å². The summed E-state index contributed by atoms with van der Waals surface area (Å²) in [5, 5.41) is 0. The summed E-state index contributed by atoms with van der Waals surface area (Å²) in [4.78, 5) is 3.88. The van der Waals surface area contributed by atoms with E-state index in [2.05, 4.69) is 4.98 Å². The van der Waals surface area contributed by atoms with Gasteiger partial charge in [-0.1, -0.05) is 0 Å². The molecule has 0 atom stereocenters. The van der Waals surface area contributed by atoms with Gasteiger partial charge < -0.3 is 9.30 Å². The lowest BCUT2D eigenvalue weighted by atomic mass is 10.3. The molecule has 0 aliphatic heterocycles. The largest absolute Gasteiger partial charge is 0.494 e. The second kappa shape index (κ2) is 3.49. The maximum atomic E-state index is 13.3. The van der Waals surface area contributed by atoms with E-state index in [1.54, 1.807) is 35.4 Å². The number of halogens is 1. The molecule has 2 aromatic rings. The Bertz CT molecular complexity index is 426. The topological polar surface area (TPSA) is 27.1 Å². The van der Waals surface area contributed by atoms with E-state index in [9.17, 15) is 4.39 Å². The predicted octanol–water partition coefficient (Wildman–Crippen LogP) is 2.02. The molecule has 0 radical (unpaired) electrons. The van der Waals surface area contributed by atoms with Gasteiger partial charge in [0.05, 0.1) is 13.4 Å². The smallest absolute Gasteiger partial charge is 0.167 e. The molecule has 2 rings (SSSR count). The minimum atomic E-state index is -0.376. The Morgan fingerprint density at radius 2 is 2.29 bits per heavy atom. The van der Waals surface area contributed by atoms with Crippen LogP contribution in [0.5, 0.6) is 5.75 Å². The minimum absolute atomic E-state index is 0.244. The molecule has 4 heteroatoms. The minimum Gasteiger partial charge on any atom is -0.494 e. The monoisotopic (exact) mass is 192 g/mol. The van der Waals surface area contributed by atoms with Crippen LogP contribution in [0.25, 0.3) is 5.69 Å². The number of rotatable bonds is 2. The number of nitrogens with zero attached hydrogens (tertiary/aromatic N) is 2. The van der Waals surface area contributed by atoms with Gasteiger partial charge in [-0.2, -0.15) is 0 Å². The van der Waals surface area contributed by atoms with Gasteiger partial charge in [-0.25, -0.2) is 9.37 Å². The molecular formula is C10H9FN2O. The van der Waals surface area contributed by atoms with Crippen LogP contribution in [0.4, 0.5) is 4.39 Å². The second-order valence-corrected chi connectivity index (χ2v) is 2.79. The average molecular weight is 192 g/mol. The summed E-state index contributed by atoms with van der Waals surface area (Å²) in [5.74, 6) is -0.132. The number of methoxy groups -OCH3 is 1. The fourth-order valence-electron chi connectivity index (χ4n) is 1.23. The molecule has 0 saturated carbocycles. The lowest BCUT2D eigenvalue weighted by Gasteiger charge is -2.05. The van der Waals surface area contributed by atoms with Gasteiger partial charge in [-0.3, -0.25) is 0 Å². The molecule has 0 aliphatic rings. The van der Waals surface area contributed by atoms with Crippen LogP contribution >= 0.6 is 0 Å². The molecule has 72 valence electrons. The number of benzene rings is 1. The van der Waals surface area contributed by atoms with Crippen LogP contribution in [0.2, 0.25) is 0 Å². The van der Waals surface area contributed by atoms with E-state index < -0.39 is 0 Å². The van der Waals surface area contributed by atoms with E-state index in [1.807, 2.05) is 0 Å². The van der Waals surface area contributed by atoms with E-state index in [0.29, 0.717) is 0 Å². The Balaban J connectivity index is 2.43. The van der Waals surface area contributed by atoms with Crippen molar-refractivity contribution in [1.82, 2.24) is 9.55 Å². The lowest BCUT2D eigenvalue weighted by Crippen LogP contribution is -1.93.